The van der Waals surface area contributed by atoms with Gasteiger partial charge in [0.25, 0.3) is 0 Å². The minimum absolute atomic E-state index is 0.814. The molecule has 1 aliphatic rings. The summed E-state index contributed by atoms with van der Waals surface area (Å²) in [6.45, 7) is 7.46. The molecule has 1 N–H and O–H groups in total. The summed E-state index contributed by atoms with van der Waals surface area (Å²) < 4.78 is 5.34. The molecule has 0 saturated heterocycles. The summed E-state index contributed by atoms with van der Waals surface area (Å²) in [5.74, 6) is 0.971. The normalized spacial score (nSPS) is 16.3. The minimum atomic E-state index is 0.814. The van der Waals surface area contributed by atoms with Gasteiger partial charge in [-0.3, -0.25) is 0 Å². The van der Waals surface area contributed by atoms with E-state index in [0.717, 1.165) is 32.1 Å². The highest BCUT2D eigenvalue weighted by Crippen LogP contribution is 2.27. The van der Waals surface area contributed by atoms with Crippen LogP contribution in [0.15, 0.2) is 12.7 Å². The van der Waals surface area contributed by atoms with Crippen molar-refractivity contribution in [2.45, 2.75) is 19.3 Å². The largest absolute Gasteiger partial charge is 0.380 e. The van der Waals surface area contributed by atoms with E-state index in [1.807, 2.05) is 6.08 Å². The second-order valence-corrected chi connectivity index (χ2v) is 3.34. The van der Waals surface area contributed by atoms with Crippen molar-refractivity contribution >= 4 is 0 Å². The molecule has 0 spiro atoms. The summed E-state index contributed by atoms with van der Waals surface area (Å²) >= 11 is 0. The highest BCUT2D eigenvalue weighted by molar-refractivity contribution is 4.74. The van der Waals surface area contributed by atoms with Crippen LogP contribution in [0.3, 0.4) is 0 Å². The van der Waals surface area contributed by atoms with Crippen molar-refractivity contribution in [2.24, 2.45) is 5.92 Å². The lowest BCUT2D eigenvalue weighted by molar-refractivity contribution is 0.140. The molecule has 0 radical (unpaired) electrons. The lowest BCUT2D eigenvalue weighted by atomic mass is 10.4. The van der Waals surface area contributed by atoms with E-state index in [0.29, 0.717) is 0 Å². The average Bonchev–Trinajstić information content (AvgIpc) is 2.87. The van der Waals surface area contributed by atoms with Crippen molar-refractivity contribution in [1.82, 2.24) is 5.32 Å². The number of hydrogen-bond donors (Lipinski definition) is 1. The Morgan fingerprint density at radius 1 is 1.42 bits per heavy atom. The van der Waals surface area contributed by atoms with Crippen LogP contribution in [0.5, 0.6) is 0 Å². The van der Waals surface area contributed by atoms with Crippen molar-refractivity contribution in [3.63, 3.8) is 0 Å². The first-order valence-electron chi connectivity index (χ1n) is 4.83. The molecule has 1 fully saturated rings. The van der Waals surface area contributed by atoms with Gasteiger partial charge in [0.1, 0.15) is 0 Å². The minimum Gasteiger partial charge on any atom is -0.380 e. The molecule has 12 heavy (non-hydrogen) atoms. The fraction of sp³-hybridized carbons (Fsp3) is 0.800. The van der Waals surface area contributed by atoms with E-state index in [1.165, 1.54) is 19.4 Å². The first kappa shape index (κ1) is 9.75. The summed E-state index contributed by atoms with van der Waals surface area (Å²) in [5, 5.41) is 3.37. The zero-order chi connectivity index (χ0) is 8.65. The molecule has 70 valence electrons. The zero-order valence-corrected chi connectivity index (χ0v) is 7.72. The van der Waals surface area contributed by atoms with Gasteiger partial charge in [-0.15, -0.1) is 6.58 Å². The fourth-order valence-corrected chi connectivity index (χ4v) is 1.04. The Bertz CT molecular complexity index is 121. The highest BCUT2D eigenvalue weighted by Gasteiger charge is 2.19. The molecular formula is C10H19NO. The van der Waals surface area contributed by atoms with E-state index < -0.39 is 0 Å². The summed E-state index contributed by atoms with van der Waals surface area (Å²) in [4.78, 5) is 0. The maximum atomic E-state index is 5.34. The van der Waals surface area contributed by atoms with Crippen molar-refractivity contribution < 1.29 is 4.74 Å². The molecule has 0 bridgehead atoms. The zero-order valence-electron chi connectivity index (χ0n) is 7.72. The van der Waals surface area contributed by atoms with Gasteiger partial charge in [-0.2, -0.15) is 0 Å². The highest BCUT2D eigenvalue weighted by atomic mass is 16.5. The van der Waals surface area contributed by atoms with Gasteiger partial charge in [0.15, 0.2) is 0 Å². The molecule has 0 aromatic rings. The Kier molecular flexibility index (Phi) is 5.04. The topological polar surface area (TPSA) is 21.3 Å². The monoisotopic (exact) mass is 169 g/mol. The van der Waals surface area contributed by atoms with Crippen LogP contribution in [0.1, 0.15) is 19.3 Å². The van der Waals surface area contributed by atoms with Crippen LogP contribution >= 0.6 is 0 Å². The van der Waals surface area contributed by atoms with E-state index in [4.69, 9.17) is 4.74 Å². The molecule has 0 unspecified atom stereocenters. The van der Waals surface area contributed by atoms with Crippen molar-refractivity contribution in [2.75, 3.05) is 26.3 Å². The summed E-state index contributed by atoms with van der Waals surface area (Å²) in [6, 6.07) is 0. The second kappa shape index (κ2) is 6.21. The first-order valence-corrected chi connectivity index (χ1v) is 4.83. The lowest BCUT2D eigenvalue weighted by Gasteiger charge is -2.03. The fourth-order valence-electron chi connectivity index (χ4n) is 1.04. The molecule has 0 amide bonds. The molecule has 2 nitrogen and oxygen atoms in total. The molecule has 2 heteroatoms. The quantitative estimate of drug-likeness (QED) is 0.440. The van der Waals surface area contributed by atoms with E-state index >= 15 is 0 Å². The van der Waals surface area contributed by atoms with Crippen LogP contribution in [0.2, 0.25) is 0 Å². The van der Waals surface area contributed by atoms with E-state index in [9.17, 15) is 0 Å². The molecule has 0 aromatic carbocycles. The Balaban J connectivity index is 1.67. The number of rotatable bonds is 8. The summed E-state index contributed by atoms with van der Waals surface area (Å²) in [6.07, 6.45) is 5.69. The standard InChI is InChI=1S/C10H19NO/c1-2-3-7-12-8-6-11-9-10-4-5-10/h2,10-11H,1,3-9H2. The van der Waals surface area contributed by atoms with Gasteiger partial charge in [-0.05, 0) is 31.7 Å². The third kappa shape index (κ3) is 5.33. The second-order valence-electron chi connectivity index (χ2n) is 3.34. The van der Waals surface area contributed by atoms with Gasteiger partial charge in [0, 0.05) is 6.54 Å². The first-order chi connectivity index (χ1) is 5.93. The molecule has 1 rings (SSSR count). The van der Waals surface area contributed by atoms with Crippen molar-refractivity contribution in [3.05, 3.63) is 12.7 Å². The van der Waals surface area contributed by atoms with Crippen LogP contribution in [0, 0.1) is 5.92 Å². The van der Waals surface area contributed by atoms with Gasteiger partial charge in [0.2, 0.25) is 0 Å². The molecule has 0 atom stereocenters. The van der Waals surface area contributed by atoms with Crippen molar-refractivity contribution in [3.8, 4) is 0 Å². The van der Waals surface area contributed by atoms with Crippen LogP contribution in [0.25, 0.3) is 0 Å². The van der Waals surface area contributed by atoms with Crippen LogP contribution in [0.4, 0.5) is 0 Å². The molecule has 0 aliphatic heterocycles. The van der Waals surface area contributed by atoms with Gasteiger partial charge < -0.3 is 10.1 Å². The molecule has 0 heterocycles. The molecule has 0 aromatic heterocycles. The molecular weight excluding hydrogens is 150 g/mol. The van der Waals surface area contributed by atoms with Gasteiger partial charge >= 0.3 is 0 Å². The maximum Gasteiger partial charge on any atom is 0.0591 e. The average molecular weight is 169 g/mol. The third-order valence-corrected chi connectivity index (χ3v) is 2.02. The lowest BCUT2D eigenvalue weighted by Crippen LogP contribution is -2.22. The van der Waals surface area contributed by atoms with Crippen LogP contribution < -0.4 is 5.32 Å². The molecule has 1 aliphatic carbocycles. The Hall–Kier alpha value is -0.340. The Morgan fingerprint density at radius 2 is 2.25 bits per heavy atom. The Morgan fingerprint density at radius 3 is 2.92 bits per heavy atom. The number of ether oxygens (including phenoxy) is 1. The predicted octanol–water partition coefficient (Wildman–Crippen LogP) is 1.58. The predicted molar refractivity (Wildman–Crippen MR) is 51.2 cm³/mol. The van der Waals surface area contributed by atoms with Gasteiger partial charge in [0.05, 0.1) is 13.2 Å². The van der Waals surface area contributed by atoms with Gasteiger partial charge in [-0.25, -0.2) is 0 Å². The van der Waals surface area contributed by atoms with E-state index in [-0.39, 0.29) is 0 Å². The SMILES string of the molecule is C=CCCOCCNCC1CC1. The van der Waals surface area contributed by atoms with E-state index in [2.05, 4.69) is 11.9 Å². The van der Waals surface area contributed by atoms with Crippen molar-refractivity contribution in [1.29, 1.82) is 0 Å². The number of nitrogens with one attached hydrogen (secondary N) is 1. The summed E-state index contributed by atoms with van der Waals surface area (Å²) in [5.41, 5.74) is 0. The maximum absolute atomic E-state index is 5.34. The van der Waals surface area contributed by atoms with Crippen LogP contribution in [-0.4, -0.2) is 26.3 Å². The van der Waals surface area contributed by atoms with Gasteiger partial charge in [-0.1, -0.05) is 6.08 Å². The summed E-state index contributed by atoms with van der Waals surface area (Å²) in [7, 11) is 0. The molecule has 1 saturated carbocycles. The number of hydrogen-bond acceptors (Lipinski definition) is 2. The Labute approximate surface area is 75.0 Å². The van der Waals surface area contributed by atoms with Crippen LogP contribution in [-0.2, 0) is 4.74 Å². The third-order valence-electron chi connectivity index (χ3n) is 2.02. The van der Waals surface area contributed by atoms with E-state index in [1.54, 1.807) is 0 Å². The smallest absolute Gasteiger partial charge is 0.0591 e.